The highest BCUT2D eigenvalue weighted by Crippen LogP contribution is 2.40. The lowest BCUT2D eigenvalue weighted by Crippen LogP contribution is -2.29. The fourth-order valence-electron chi connectivity index (χ4n) is 4.66. The van der Waals surface area contributed by atoms with Crippen LogP contribution in [0.1, 0.15) is 39.4 Å². The molecule has 1 N–H and O–H groups in total. The molecule has 1 unspecified atom stereocenters. The Morgan fingerprint density at radius 2 is 1.58 bits per heavy atom. The number of nitrogens with zero attached hydrogens (tertiary/aromatic N) is 2. The molecule has 0 aliphatic carbocycles. The summed E-state index contributed by atoms with van der Waals surface area (Å²) >= 11 is 0. The van der Waals surface area contributed by atoms with Crippen molar-refractivity contribution in [1.82, 2.24) is 9.88 Å². The number of aliphatic hydroxyl groups excluding tert-OH is 1. The largest absolute Gasteiger partial charge is 0.507 e. The van der Waals surface area contributed by atoms with E-state index in [-0.39, 0.29) is 17.9 Å². The molecule has 1 aliphatic heterocycles. The molecule has 1 amide bonds. The summed E-state index contributed by atoms with van der Waals surface area (Å²) in [6.07, 6.45) is 3.30. The average molecular weight is 505 g/mol. The molecule has 4 aromatic rings. The number of aryl methyl sites for hydroxylation is 2. The maximum absolute atomic E-state index is 13.3. The predicted octanol–water partition coefficient (Wildman–Crippen LogP) is 5.90. The van der Waals surface area contributed by atoms with Crippen LogP contribution in [-0.4, -0.2) is 26.7 Å². The summed E-state index contributed by atoms with van der Waals surface area (Å²) in [6, 6.07) is 25.5. The van der Waals surface area contributed by atoms with E-state index in [0.717, 1.165) is 27.8 Å². The monoisotopic (exact) mass is 504 g/mol. The Morgan fingerprint density at radius 1 is 0.868 bits per heavy atom. The van der Waals surface area contributed by atoms with Gasteiger partial charge in [0.25, 0.3) is 11.7 Å². The van der Waals surface area contributed by atoms with E-state index < -0.39 is 17.7 Å². The fraction of sp³-hybridized carbons (Fsp3) is 0.156. The lowest BCUT2D eigenvalue weighted by molar-refractivity contribution is -0.140. The Bertz CT molecular complexity index is 1490. The number of carbonyl (C=O) groups excluding carboxylic acids is 2. The first-order chi connectivity index (χ1) is 18.4. The van der Waals surface area contributed by atoms with Crippen molar-refractivity contribution >= 4 is 17.4 Å². The number of pyridine rings is 1. The number of hydrogen-bond acceptors (Lipinski definition) is 5. The molecule has 190 valence electrons. The van der Waals surface area contributed by atoms with Crippen LogP contribution in [0.5, 0.6) is 5.75 Å². The van der Waals surface area contributed by atoms with Crippen molar-refractivity contribution in [2.45, 2.75) is 33.0 Å². The van der Waals surface area contributed by atoms with Gasteiger partial charge in [-0.25, -0.2) is 0 Å². The summed E-state index contributed by atoms with van der Waals surface area (Å²) in [5.41, 5.74) is 5.38. The quantitative estimate of drug-likeness (QED) is 0.193. The molecule has 1 fully saturated rings. The van der Waals surface area contributed by atoms with Crippen molar-refractivity contribution in [1.29, 1.82) is 0 Å². The number of hydrogen-bond donors (Lipinski definition) is 1. The summed E-state index contributed by atoms with van der Waals surface area (Å²) in [6.45, 7) is 4.64. The second kappa shape index (κ2) is 10.7. The zero-order valence-electron chi connectivity index (χ0n) is 21.3. The van der Waals surface area contributed by atoms with E-state index in [4.69, 9.17) is 4.74 Å². The zero-order chi connectivity index (χ0) is 26.6. The summed E-state index contributed by atoms with van der Waals surface area (Å²) in [5, 5.41) is 11.3. The maximum Gasteiger partial charge on any atom is 0.295 e. The van der Waals surface area contributed by atoms with Crippen molar-refractivity contribution in [3.05, 3.63) is 136 Å². The smallest absolute Gasteiger partial charge is 0.295 e. The molecular weight excluding hydrogens is 476 g/mol. The van der Waals surface area contributed by atoms with Crippen molar-refractivity contribution in [2.75, 3.05) is 0 Å². The van der Waals surface area contributed by atoms with Gasteiger partial charge in [0, 0.05) is 24.5 Å². The molecule has 6 heteroatoms. The van der Waals surface area contributed by atoms with E-state index in [0.29, 0.717) is 17.9 Å². The van der Waals surface area contributed by atoms with E-state index in [2.05, 4.69) is 11.1 Å². The number of Topliss-reactive ketones (excluding diaryl/α,β-unsaturated/α-hetero) is 1. The van der Waals surface area contributed by atoms with Gasteiger partial charge in [-0.05, 0) is 66.9 Å². The summed E-state index contributed by atoms with van der Waals surface area (Å²) in [5.74, 6) is -0.929. The zero-order valence-corrected chi connectivity index (χ0v) is 21.3. The van der Waals surface area contributed by atoms with E-state index in [1.165, 1.54) is 4.90 Å². The molecule has 1 aliphatic rings. The Morgan fingerprint density at radius 3 is 2.26 bits per heavy atom. The second-order valence-electron chi connectivity index (χ2n) is 9.50. The van der Waals surface area contributed by atoms with Crippen molar-refractivity contribution in [2.24, 2.45) is 0 Å². The van der Waals surface area contributed by atoms with E-state index in [9.17, 15) is 14.7 Å². The van der Waals surface area contributed by atoms with Gasteiger partial charge in [-0.3, -0.25) is 14.6 Å². The molecular formula is C32H28N2O4. The molecule has 1 saturated heterocycles. The number of carbonyl (C=O) groups is 2. The van der Waals surface area contributed by atoms with Crippen LogP contribution >= 0.6 is 0 Å². The Balaban J connectivity index is 1.47. The van der Waals surface area contributed by atoms with Crippen LogP contribution in [0.15, 0.2) is 103 Å². The van der Waals surface area contributed by atoms with Crippen LogP contribution in [0.4, 0.5) is 0 Å². The number of ketones is 1. The first kappa shape index (κ1) is 25.0. The number of amides is 1. The third kappa shape index (κ3) is 5.20. The Labute approximate surface area is 221 Å². The minimum absolute atomic E-state index is 0.0707. The Hall–Kier alpha value is -4.71. The first-order valence-corrected chi connectivity index (χ1v) is 12.4. The van der Waals surface area contributed by atoms with Crippen molar-refractivity contribution in [3.8, 4) is 5.75 Å². The number of aromatic nitrogens is 1. The standard InChI is InChI=1S/C32H28N2O4/c1-21-6-8-25(9-7-21)29-28(31(36)32(37)34(29)19-23-14-16-33-17-15-23)30(35)26-10-12-27(13-11-26)38-20-24-5-3-4-22(2)18-24/h3-18,29,35H,19-20H2,1-2H3/b30-28-. The predicted molar refractivity (Wildman–Crippen MR) is 145 cm³/mol. The van der Waals surface area contributed by atoms with Gasteiger partial charge in [-0.15, -0.1) is 0 Å². The number of aliphatic hydroxyl groups is 1. The van der Waals surface area contributed by atoms with Crippen LogP contribution in [0.3, 0.4) is 0 Å². The number of rotatable bonds is 7. The highest BCUT2D eigenvalue weighted by molar-refractivity contribution is 6.46. The topological polar surface area (TPSA) is 79.7 Å². The summed E-state index contributed by atoms with van der Waals surface area (Å²) in [7, 11) is 0. The number of likely N-dealkylation sites (tertiary alicyclic amines) is 1. The van der Waals surface area contributed by atoms with Gasteiger partial charge in [0.2, 0.25) is 0 Å². The SMILES string of the molecule is Cc1ccc(C2/C(=C(/O)c3ccc(OCc4cccc(C)c4)cc3)C(=O)C(=O)N2Cc2ccncc2)cc1. The van der Waals surface area contributed by atoms with E-state index in [1.54, 1.807) is 48.8 Å². The number of ether oxygens (including phenoxy) is 1. The van der Waals surface area contributed by atoms with Gasteiger partial charge < -0.3 is 14.7 Å². The lowest BCUT2D eigenvalue weighted by Gasteiger charge is -2.25. The van der Waals surface area contributed by atoms with Crippen LogP contribution in [0, 0.1) is 13.8 Å². The Kier molecular flexibility index (Phi) is 7.05. The minimum Gasteiger partial charge on any atom is -0.507 e. The van der Waals surface area contributed by atoms with Crippen LogP contribution in [0.25, 0.3) is 5.76 Å². The molecule has 38 heavy (non-hydrogen) atoms. The highest BCUT2D eigenvalue weighted by Gasteiger charge is 2.46. The molecule has 0 spiro atoms. The summed E-state index contributed by atoms with van der Waals surface area (Å²) in [4.78, 5) is 32.0. The van der Waals surface area contributed by atoms with E-state index >= 15 is 0 Å². The van der Waals surface area contributed by atoms with Gasteiger partial charge in [0.1, 0.15) is 18.1 Å². The molecule has 0 bridgehead atoms. The fourth-order valence-corrected chi connectivity index (χ4v) is 4.66. The van der Waals surface area contributed by atoms with Gasteiger partial charge in [0.05, 0.1) is 11.6 Å². The third-order valence-corrected chi connectivity index (χ3v) is 6.65. The maximum atomic E-state index is 13.3. The normalized spacial score (nSPS) is 16.6. The summed E-state index contributed by atoms with van der Waals surface area (Å²) < 4.78 is 5.90. The van der Waals surface area contributed by atoms with E-state index in [1.807, 2.05) is 56.3 Å². The molecule has 1 aromatic heterocycles. The minimum atomic E-state index is -0.721. The highest BCUT2D eigenvalue weighted by atomic mass is 16.5. The average Bonchev–Trinajstić information content (AvgIpc) is 3.18. The van der Waals surface area contributed by atoms with Crippen LogP contribution in [-0.2, 0) is 22.7 Å². The van der Waals surface area contributed by atoms with Crippen LogP contribution in [0.2, 0.25) is 0 Å². The molecule has 0 radical (unpaired) electrons. The van der Waals surface area contributed by atoms with Crippen LogP contribution < -0.4 is 4.74 Å². The third-order valence-electron chi connectivity index (χ3n) is 6.65. The van der Waals surface area contributed by atoms with Gasteiger partial charge >= 0.3 is 0 Å². The molecule has 5 rings (SSSR count). The molecule has 3 aromatic carbocycles. The molecule has 6 nitrogen and oxygen atoms in total. The first-order valence-electron chi connectivity index (χ1n) is 12.4. The molecule has 1 atom stereocenters. The van der Waals surface area contributed by atoms with Gasteiger partial charge in [-0.1, -0.05) is 59.7 Å². The lowest BCUT2D eigenvalue weighted by atomic mass is 9.94. The number of benzene rings is 3. The molecule has 2 heterocycles. The second-order valence-corrected chi connectivity index (χ2v) is 9.50. The van der Waals surface area contributed by atoms with Gasteiger partial charge in [-0.2, -0.15) is 0 Å². The van der Waals surface area contributed by atoms with Crippen molar-refractivity contribution in [3.63, 3.8) is 0 Å². The molecule has 0 saturated carbocycles. The van der Waals surface area contributed by atoms with Crippen molar-refractivity contribution < 1.29 is 19.4 Å². The van der Waals surface area contributed by atoms with Gasteiger partial charge in [0.15, 0.2) is 0 Å².